The zero-order valence-electron chi connectivity index (χ0n) is 11.1. The van der Waals surface area contributed by atoms with E-state index >= 15 is 0 Å². The number of nitrogen functional groups attached to an aromatic ring is 1. The third-order valence-electron chi connectivity index (χ3n) is 3.16. The highest BCUT2D eigenvalue weighted by atomic mass is 16.2. The van der Waals surface area contributed by atoms with Crippen LogP contribution in [0.3, 0.4) is 0 Å². The van der Waals surface area contributed by atoms with E-state index in [0.717, 1.165) is 5.56 Å². The summed E-state index contributed by atoms with van der Waals surface area (Å²) in [6.07, 6.45) is 3.12. The molecule has 0 aliphatic heterocycles. The summed E-state index contributed by atoms with van der Waals surface area (Å²) in [4.78, 5) is 16.3. The summed E-state index contributed by atoms with van der Waals surface area (Å²) >= 11 is 0. The Balaban J connectivity index is 2.23. The average Bonchev–Trinajstić information content (AvgIpc) is 2.42. The maximum atomic E-state index is 12.4. The number of aromatic nitrogens is 1. The molecule has 0 radical (unpaired) electrons. The predicted octanol–water partition coefficient (Wildman–Crippen LogP) is 2.58. The molecule has 4 nitrogen and oxygen atoms in total. The van der Waals surface area contributed by atoms with Gasteiger partial charge in [-0.1, -0.05) is 30.3 Å². The normalized spacial score (nSPS) is 11.1. The van der Waals surface area contributed by atoms with Crippen molar-refractivity contribution in [3.8, 4) is 0 Å². The summed E-state index contributed by atoms with van der Waals surface area (Å²) in [7, 11) is 0. The van der Waals surface area contributed by atoms with Crippen LogP contribution in [-0.2, 0) is 10.2 Å². The molecule has 0 unspecified atom stereocenters. The number of carbonyl (C=O) groups excluding carboxylic acids is 1. The van der Waals surface area contributed by atoms with Crippen molar-refractivity contribution >= 4 is 17.3 Å². The van der Waals surface area contributed by atoms with Crippen molar-refractivity contribution in [3.05, 3.63) is 54.4 Å². The van der Waals surface area contributed by atoms with Crippen LogP contribution < -0.4 is 11.1 Å². The minimum atomic E-state index is -0.628. The number of nitrogens with two attached hydrogens (primary N) is 1. The van der Waals surface area contributed by atoms with E-state index in [0.29, 0.717) is 11.4 Å². The maximum Gasteiger partial charge on any atom is 0.234 e. The number of pyridine rings is 1. The van der Waals surface area contributed by atoms with Gasteiger partial charge in [0.1, 0.15) is 0 Å². The molecule has 3 N–H and O–H groups in total. The minimum Gasteiger partial charge on any atom is -0.396 e. The fraction of sp³-hybridized carbons (Fsp3) is 0.200. The van der Waals surface area contributed by atoms with Crippen molar-refractivity contribution in [1.29, 1.82) is 0 Å². The highest BCUT2D eigenvalue weighted by molar-refractivity contribution is 6.00. The molecule has 0 aliphatic carbocycles. The number of hydrogen-bond acceptors (Lipinski definition) is 3. The molecule has 4 heteroatoms. The summed E-state index contributed by atoms with van der Waals surface area (Å²) in [5.74, 6) is -0.100. The van der Waals surface area contributed by atoms with E-state index in [1.54, 1.807) is 12.3 Å². The fourth-order valence-corrected chi connectivity index (χ4v) is 1.78. The molecule has 0 saturated heterocycles. The first-order valence-electron chi connectivity index (χ1n) is 6.08. The van der Waals surface area contributed by atoms with Gasteiger partial charge in [0.25, 0.3) is 0 Å². The van der Waals surface area contributed by atoms with Crippen molar-refractivity contribution in [2.75, 3.05) is 11.1 Å². The van der Waals surface area contributed by atoms with Gasteiger partial charge in [-0.15, -0.1) is 0 Å². The van der Waals surface area contributed by atoms with Gasteiger partial charge >= 0.3 is 0 Å². The molecular weight excluding hydrogens is 238 g/mol. The molecular formula is C15H17N3O. The maximum absolute atomic E-state index is 12.4. The molecule has 0 atom stereocenters. The summed E-state index contributed by atoms with van der Waals surface area (Å²) in [6, 6.07) is 11.3. The van der Waals surface area contributed by atoms with Gasteiger partial charge in [0, 0.05) is 6.20 Å². The molecule has 1 heterocycles. The second-order valence-corrected chi connectivity index (χ2v) is 4.91. The smallest absolute Gasteiger partial charge is 0.234 e. The first kappa shape index (κ1) is 13.1. The third kappa shape index (κ3) is 2.73. The van der Waals surface area contributed by atoms with Crippen LogP contribution in [0.15, 0.2) is 48.8 Å². The second-order valence-electron chi connectivity index (χ2n) is 4.91. The van der Waals surface area contributed by atoms with E-state index in [4.69, 9.17) is 5.73 Å². The van der Waals surface area contributed by atoms with Crippen LogP contribution in [0.2, 0.25) is 0 Å². The molecule has 2 aromatic rings. The Hall–Kier alpha value is -2.36. The first-order chi connectivity index (χ1) is 9.01. The van der Waals surface area contributed by atoms with Crippen molar-refractivity contribution in [3.63, 3.8) is 0 Å². The molecule has 1 aromatic heterocycles. The number of hydrogen-bond donors (Lipinski definition) is 2. The highest BCUT2D eigenvalue weighted by Crippen LogP contribution is 2.26. The Morgan fingerprint density at radius 1 is 1.21 bits per heavy atom. The molecule has 0 aliphatic rings. The first-order valence-corrected chi connectivity index (χ1v) is 6.08. The van der Waals surface area contributed by atoms with Crippen LogP contribution in [0, 0.1) is 0 Å². The van der Waals surface area contributed by atoms with Gasteiger partial charge in [-0.25, -0.2) is 0 Å². The molecule has 0 fully saturated rings. The number of rotatable bonds is 3. The number of nitrogens with one attached hydrogen (secondary N) is 1. The van der Waals surface area contributed by atoms with Crippen LogP contribution in [0.1, 0.15) is 19.4 Å². The van der Waals surface area contributed by atoms with E-state index in [9.17, 15) is 4.79 Å². The quantitative estimate of drug-likeness (QED) is 0.885. The molecule has 0 bridgehead atoms. The SMILES string of the molecule is CC(C)(C(=O)Nc1ccncc1N)c1ccccc1. The van der Waals surface area contributed by atoms with E-state index in [2.05, 4.69) is 10.3 Å². The standard InChI is InChI=1S/C15H17N3O/c1-15(2,11-6-4-3-5-7-11)14(19)18-13-8-9-17-10-12(13)16/h3-10H,16H2,1-2H3,(H,17,18,19). The van der Waals surface area contributed by atoms with Crippen LogP contribution in [0.25, 0.3) is 0 Å². The Kier molecular flexibility index (Phi) is 3.51. The Labute approximate surface area is 112 Å². The molecule has 0 saturated carbocycles. The summed E-state index contributed by atoms with van der Waals surface area (Å²) in [5, 5.41) is 2.85. The number of anilines is 2. The molecule has 19 heavy (non-hydrogen) atoms. The van der Waals surface area contributed by atoms with Gasteiger partial charge in [0.2, 0.25) is 5.91 Å². The lowest BCUT2D eigenvalue weighted by Gasteiger charge is -2.24. The highest BCUT2D eigenvalue weighted by Gasteiger charge is 2.29. The van der Waals surface area contributed by atoms with Crippen LogP contribution in [0.5, 0.6) is 0 Å². The zero-order valence-corrected chi connectivity index (χ0v) is 11.1. The van der Waals surface area contributed by atoms with Crippen molar-refractivity contribution in [2.24, 2.45) is 0 Å². The Bertz CT molecular complexity index is 579. The largest absolute Gasteiger partial charge is 0.396 e. The molecule has 1 amide bonds. The van der Waals surface area contributed by atoms with E-state index in [-0.39, 0.29) is 5.91 Å². The van der Waals surface area contributed by atoms with Crippen molar-refractivity contribution < 1.29 is 4.79 Å². The molecule has 98 valence electrons. The monoisotopic (exact) mass is 255 g/mol. The lowest BCUT2D eigenvalue weighted by Crippen LogP contribution is -2.34. The summed E-state index contributed by atoms with van der Waals surface area (Å²) in [6.45, 7) is 3.77. The minimum absolute atomic E-state index is 0.100. The summed E-state index contributed by atoms with van der Waals surface area (Å²) in [5.41, 5.74) is 7.15. The van der Waals surface area contributed by atoms with E-state index < -0.39 is 5.41 Å². The van der Waals surface area contributed by atoms with Gasteiger partial charge in [-0.05, 0) is 25.5 Å². The van der Waals surface area contributed by atoms with Crippen molar-refractivity contribution in [1.82, 2.24) is 4.98 Å². The number of carbonyl (C=O) groups is 1. The lowest BCUT2D eigenvalue weighted by atomic mass is 9.83. The second kappa shape index (κ2) is 5.10. The molecule has 0 spiro atoms. The predicted molar refractivity (Wildman–Crippen MR) is 76.7 cm³/mol. The third-order valence-corrected chi connectivity index (χ3v) is 3.16. The number of benzene rings is 1. The fourth-order valence-electron chi connectivity index (χ4n) is 1.78. The van der Waals surface area contributed by atoms with E-state index in [1.165, 1.54) is 6.20 Å². The lowest BCUT2D eigenvalue weighted by molar-refractivity contribution is -0.120. The number of nitrogens with zero attached hydrogens (tertiary/aromatic N) is 1. The average molecular weight is 255 g/mol. The van der Waals surface area contributed by atoms with Gasteiger partial charge < -0.3 is 11.1 Å². The summed E-state index contributed by atoms with van der Waals surface area (Å²) < 4.78 is 0. The van der Waals surface area contributed by atoms with Gasteiger partial charge in [0.05, 0.1) is 23.0 Å². The Morgan fingerprint density at radius 2 is 1.89 bits per heavy atom. The van der Waals surface area contributed by atoms with Crippen LogP contribution >= 0.6 is 0 Å². The topological polar surface area (TPSA) is 68.0 Å². The zero-order chi connectivity index (χ0) is 13.9. The molecule has 1 aromatic carbocycles. The van der Waals surface area contributed by atoms with Crippen LogP contribution in [-0.4, -0.2) is 10.9 Å². The molecule has 2 rings (SSSR count). The number of amides is 1. The van der Waals surface area contributed by atoms with Gasteiger partial charge in [-0.2, -0.15) is 0 Å². The van der Waals surface area contributed by atoms with Gasteiger partial charge in [0.15, 0.2) is 0 Å². The van der Waals surface area contributed by atoms with Gasteiger partial charge in [-0.3, -0.25) is 9.78 Å². The van der Waals surface area contributed by atoms with Crippen molar-refractivity contribution in [2.45, 2.75) is 19.3 Å². The van der Waals surface area contributed by atoms with E-state index in [1.807, 2.05) is 44.2 Å². The van der Waals surface area contributed by atoms with Crippen LogP contribution in [0.4, 0.5) is 11.4 Å². The Morgan fingerprint density at radius 3 is 2.53 bits per heavy atom.